The molecule has 0 aromatic heterocycles. The molecule has 1 aromatic carbocycles. The van der Waals surface area contributed by atoms with E-state index >= 15 is 0 Å². The number of aliphatic hydroxyl groups is 1. The van der Waals surface area contributed by atoms with Gasteiger partial charge in [0, 0.05) is 24.0 Å². The van der Waals surface area contributed by atoms with Gasteiger partial charge in [0.1, 0.15) is 0 Å². The monoisotopic (exact) mass is 313 g/mol. The van der Waals surface area contributed by atoms with Gasteiger partial charge in [-0.05, 0) is 30.5 Å². The van der Waals surface area contributed by atoms with E-state index in [2.05, 4.69) is 0 Å². The first-order valence-corrected chi connectivity index (χ1v) is 7.45. The Hall–Kier alpha value is -1.30. The molecule has 1 aromatic rings. The highest BCUT2D eigenvalue weighted by Crippen LogP contribution is 2.33. The average molecular weight is 314 g/mol. The van der Waals surface area contributed by atoms with E-state index in [1.165, 1.54) is 4.90 Å². The van der Waals surface area contributed by atoms with Crippen LogP contribution in [0.4, 0.5) is 4.79 Å². The lowest BCUT2D eigenvalue weighted by atomic mass is 9.88. The normalized spacial score (nSPS) is 20.3. The number of ether oxygens (including phenoxy) is 1. The molecule has 21 heavy (non-hydrogen) atoms. The number of carbonyl (C=O) groups is 1. The predicted molar refractivity (Wildman–Crippen MR) is 79.6 cm³/mol. The quantitative estimate of drug-likeness (QED) is 0.877. The summed E-state index contributed by atoms with van der Waals surface area (Å²) in [4.78, 5) is 12.6. The lowest BCUT2D eigenvalue weighted by Crippen LogP contribution is -2.41. The van der Waals surface area contributed by atoms with Crippen molar-refractivity contribution < 1.29 is 19.7 Å². The van der Waals surface area contributed by atoms with Gasteiger partial charge in [0.25, 0.3) is 0 Å². The first kappa shape index (κ1) is 16.1. The molecule has 6 heteroatoms. The molecular formula is C15H20ClNO4. The van der Waals surface area contributed by atoms with E-state index in [4.69, 9.17) is 26.6 Å². The molecule has 0 spiro atoms. The van der Waals surface area contributed by atoms with Crippen LogP contribution in [0.15, 0.2) is 24.3 Å². The minimum atomic E-state index is -0.897. The molecule has 5 nitrogen and oxygen atoms in total. The number of piperidine rings is 1. The number of hydrogen-bond donors (Lipinski definition) is 2. The summed E-state index contributed by atoms with van der Waals surface area (Å²) in [5.41, 5.74) is 0.924. The van der Waals surface area contributed by atoms with Crippen molar-refractivity contribution in [1.29, 1.82) is 0 Å². The second-order valence-corrected chi connectivity index (χ2v) is 5.64. The third-order valence-corrected chi connectivity index (χ3v) is 3.96. The fourth-order valence-corrected chi connectivity index (χ4v) is 3.00. The molecule has 1 aliphatic rings. The second-order valence-electron chi connectivity index (χ2n) is 5.20. The van der Waals surface area contributed by atoms with Gasteiger partial charge in [-0.15, -0.1) is 0 Å². The van der Waals surface area contributed by atoms with Gasteiger partial charge in [-0.1, -0.05) is 23.7 Å². The third-order valence-electron chi connectivity index (χ3n) is 3.72. The molecule has 2 N–H and O–H groups in total. The summed E-state index contributed by atoms with van der Waals surface area (Å²) in [6, 6.07) is 7.40. The smallest absolute Gasteiger partial charge is 0.407 e. The fraction of sp³-hybridized carbons (Fsp3) is 0.533. The predicted octanol–water partition coefficient (Wildman–Crippen LogP) is 2.78. The highest BCUT2D eigenvalue weighted by Gasteiger charge is 2.31. The number of amides is 1. The molecule has 1 amide bonds. The van der Waals surface area contributed by atoms with Crippen LogP contribution in [0.3, 0.4) is 0 Å². The molecule has 1 fully saturated rings. The summed E-state index contributed by atoms with van der Waals surface area (Å²) in [7, 11) is 0. The summed E-state index contributed by atoms with van der Waals surface area (Å²) < 4.78 is 5.77. The lowest BCUT2D eigenvalue weighted by Gasteiger charge is -2.35. The van der Waals surface area contributed by atoms with Crippen LogP contribution in [0.25, 0.3) is 0 Å². The Morgan fingerprint density at radius 2 is 2.33 bits per heavy atom. The number of aliphatic hydroxyl groups excluding tert-OH is 1. The zero-order valence-corrected chi connectivity index (χ0v) is 12.5. The SMILES string of the molecule is O=C(O)N1CCCC(C(OCCO)c2cccc(Cl)c2)C1. The van der Waals surface area contributed by atoms with Crippen LogP contribution < -0.4 is 0 Å². The zero-order valence-electron chi connectivity index (χ0n) is 11.7. The van der Waals surface area contributed by atoms with Crippen LogP contribution in [0.2, 0.25) is 5.02 Å². The Labute approximate surface area is 129 Å². The summed E-state index contributed by atoms with van der Waals surface area (Å²) >= 11 is 6.03. The Balaban J connectivity index is 2.17. The van der Waals surface area contributed by atoms with Gasteiger partial charge < -0.3 is 19.8 Å². The van der Waals surface area contributed by atoms with E-state index in [9.17, 15) is 4.79 Å². The summed E-state index contributed by atoms with van der Waals surface area (Å²) in [6.07, 6.45) is 0.563. The van der Waals surface area contributed by atoms with Crippen molar-refractivity contribution >= 4 is 17.7 Å². The molecular weight excluding hydrogens is 294 g/mol. The standard InChI is InChI=1S/C15H20ClNO4/c16-13-5-1-3-11(9-13)14(21-8-7-18)12-4-2-6-17(10-12)15(19)20/h1,3,5,9,12,14,18H,2,4,6-8,10H2,(H,19,20). The van der Waals surface area contributed by atoms with Crippen molar-refractivity contribution in [3.8, 4) is 0 Å². The maximum atomic E-state index is 11.2. The minimum Gasteiger partial charge on any atom is -0.465 e. The maximum absolute atomic E-state index is 11.2. The number of carboxylic acid groups (broad SMARTS) is 1. The Kier molecular flexibility index (Phi) is 5.85. The highest BCUT2D eigenvalue weighted by atomic mass is 35.5. The van der Waals surface area contributed by atoms with Crippen molar-refractivity contribution in [3.05, 3.63) is 34.9 Å². The van der Waals surface area contributed by atoms with Gasteiger partial charge in [-0.2, -0.15) is 0 Å². The number of halogens is 1. The van der Waals surface area contributed by atoms with Gasteiger partial charge in [0.05, 0.1) is 19.3 Å². The van der Waals surface area contributed by atoms with E-state index < -0.39 is 6.09 Å². The van der Waals surface area contributed by atoms with Crippen LogP contribution >= 0.6 is 11.6 Å². The maximum Gasteiger partial charge on any atom is 0.407 e. The molecule has 2 atom stereocenters. The number of nitrogens with zero attached hydrogens (tertiary/aromatic N) is 1. The van der Waals surface area contributed by atoms with Gasteiger partial charge >= 0.3 is 6.09 Å². The Morgan fingerprint density at radius 1 is 1.52 bits per heavy atom. The van der Waals surface area contributed by atoms with Gasteiger partial charge in [0.2, 0.25) is 0 Å². The van der Waals surface area contributed by atoms with Gasteiger partial charge in [-0.25, -0.2) is 4.79 Å². The van der Waals surface area contributed by atoms with Crippen LogP contribution in [-0.2, 0) is 4.74 Å². The topological polar surface area (TPSA) is 70.0 Å². The van der Waals surface area contributed by atoms with E-state index in [0.29, 0.717) is 18.1 Å². The first-order valence-electron chi connectivity index (χ1n) is 7.07. The summed E-state index contributed by atoms with van der Waals surface area (Å²) in [5, 5.41) is 18.8. The van der Waals surface area contributed by atoms with E-state index in [1.54, 1.807) is 6.07 Å². The fourth-order valence-electron chi connectivity index (χ4n) is 2.80. The lowest BCUT2D eigenvalue weighted by molar-refractivity contribution is -0.0262. The highest BCUT2D eigenvalue weighted by molar-refractivity contribution is 6.30. The number of hydrogen-bond acceptors (Lipinski definition) is 3. The van der Waals surface area contributed by atoms with Gasteiger partial charge in [0.15, 0.2) is 0 Å². The van der Waals surface area contributed by atoms with Crippen LogP contribution in [0, 0.1) is 5.92 Å². The molecule has 1 heterocycles. The van der Waals surface area contributed by atoms with E-state index in [1.807, 2.05) is 18.2 Å². The van der Waals surface area contributed by atoms with Crippen molar-refractivity contribution in [2.75, 3.05) is 26.3 Å². The Bertz CT molecular complexity index is 482. The first-order chi connectivity index (χ1) is 10.1. The molecule has 0 radical (unpaired) electrons. The second kappa shape index (κ2) is 7.64. The number of likely N-dealkylation sites (tertiary alicyclic amines) is 1. The minimum absolute atomic E-state index is 0.0631. The molecule has 1 aliphatic heterocycles. The molecule has 2 rings (SSSR count). The van der Waals surface area contributed by atoms with E-state index in [0.717, 1.165) is 18.4 Å². The molecule has 116 valence electrons. The summed E-state index contributed by atoms with van der Waals surface area (Å²) in [6.45, 7) is 1.17. The molecule has 0 aliphatic carbocycles. The van der Waals surface area contributed by atoms with Crippen molar-refractivity contribution in [2.45, 2.75) is 18.9 Å². The third kappa shape index (κ3) is 4.33. The zero-order chi connectivity index (χ0) is 15.2. The molecule has 0 saturated carbocycles. The van der Waals surface area contributed by atoms with Gasteiger partial charge in [-0.3, -0.25) is 0 Å². The number of rotatable bonds is 5. The van der Waals surface area contributed by atoms with Crippen molar-refractivity contribution in [3.63, 3.8) is 0 Å². The molecule has 0 bridgehead atoms. The van der Waals surface area contributed by atoms with E-state index in [-0.39, 0.29) is 25.2 Å². The molecule has 1 saturated heterocycles. The van der Waals surface area contributed by atoms with Crippen LogP contribution in [0.5, 0.6) is 0 Å². The van der Waals surface area contributed by atoms with Crippen LogP contribution in [-0.4, -0.2) is 47.5 Å². The largest absolute Gasteiger partial charge is 0.465 e. The average Bonchev–Trinajstić information content (AvgIpc) is 2.48. The van der Waals surface area contributed by atoms with Crippen molar-refractivity contribution in [2.24, 2.45) is 5.92 Å². The van der Waals surface area contributed by atoms with Crippen molar-refractivity contribution in [1.82, 2.24) is 4.90 Å². The molecule has 2 unspecified atom stereocenters. The number of benzene rings is 1. The van der Waals surface area contributed by atoms with Crippen LogP contribution in [0.1, 0.15) is 24.5 Å². The Morgan fingerprint density at radius 3 is 3.00 bits per heavy atom. The summed E-state index contributed by atoms with van der Waals surface area (Å²) in [5.74, 6) is 0.0693.